The zero-order valence-corrected chi connectivity index (χ0v) is 20.2. The number of pyridine rings is 1. The van der Waals surface area contributed by atoms with Crippen LogP contribution >= 0.6 is 34.5 Å². The second kappa shape index (κ2) is 9.29. The Hall–Kier alpha value is -2.56. The van der Waals surface area contributed by atoms with E-state index in [0.717, 1.165) is 45.8 Å². The number of aromatic nitrogens is 4. The van der Waals surface area contributed by atoms with Crippen molar-refractivity contribution in [3.8, 4) is 5.75 Å². The molecular formula is C22H22ClIN6O. The van der Waals surface area contributed by atoms with E-state index in [1.807, 2.05) is 51.4 Å². The molecule has 0 atom stereocenters. The number of halogens is 2. The van der Waals surface area contributed by atoms with Crippen molar-refractivity contribution in [2.45, 2.75) is 13.8 Å². The molecule has 0 amide bonds. The molecule has 0 bridgehead atoms. The highest BCUT2D eigenvalue weighted by Gasteiger charge is 2.10. The van der Waals surface area contributed by atoms with E-state index in [4.69, 9.17) is 16.3 Å². The predicted molar refractivity (Wildman–Crippen MR) is 135 cm³/mol. The summed E-state index contributed by atoms with van der Waals surface area (Å²) >= 11 is 8.31. The maximum absolute atomic E-state index is 6.04. The molecule has 4 aromatic rings. The zero-order valence-electron chi connectivity index (χ0n) is 17.3. The Bertz CT molecular complexity index is 1290. The van der Waals surface area contributed by atoms with Gasteiger partial charge in [0.1, 0.15) is 22.2 Å². The third kappa shape index (κ3) is 5.20. The van der Waals surface area contributed by atoms with Gasteiger partial charge in [0.2, 0.25) is 5.95 Å². The zero-order chi connectivity index (χ0) is 22.0. The maximum atomic E-state index is 6.04. The summed E-state index contributed by atoms with van der Waals surface area (Å²) in [6.07, 6.45) is 5.98. The van der Waals surface area contributed by atoms with E-state index in [1.165, 1.54) is 5.57 Å². The molecule has 7 nitrogen and oxygen atoms in total. The minimum Gasteiger partial charge on any atom is -0.462 e. The predicted octanol–water partition coefficient (Wildman–Crippen LogP) is 6.35. The number of ether oxygens (including phenoxy) is 1. The monoisotopic (exact) mass is 548 g/mol. The van der Waals surface area contributed by atoms with Gasteiger partial charge in [0, 0.05) is 41.7 Å². The minimum atomic E-state index is 0.441. The molecule has 9 heteroatoms. The van der Waals surface area contributed by atoms with Crippen molar-refractivity contribution in [3.63, 3.8) is 0 Å². The third-order valence-corrected chi connectivity index (χ3v) is 5.19. The molecule has 4 rings (SSSR count). The van der Waals surface area contributed by atoms with Crippen LogP contribution in [0.15, 0.2) is 60.0 Å². The molecule has 1 aromatic carbocycles. The van der Waals surface area contributed by atoms with Crippen molar-refractivity contribution in [1.82, 2.24) is 23.0 Å². The lowest BCUT2D eigenvalue weighted by Gasteiger charge is -2.10. The van der Waals surface area contributed by atoms with Crippen molar-refractivity contribution >= 4 is 68.2 Å². The smallest absolute Gasteiger partial charge is 0.205 e. The van der Waals surface area contributed by atoms with Crippen LogP contribution in [0, 0.1) is 0 Å². The van der Waals surface area contributed by atoms with Crippen molar-refractivity contribution in [3.05, 3.63) is 65.2 Å². The van der Waals surface area contributed by atoms with Crippen LogP contribution < -0.4 is 10.1 Å². The lowest BCUT2D eigenvalue weighted by molar-refractivity contribution is 0.427. The molecule has 0 unspecified atom stereocenters. The first kappa shape index (κ1) is 21.7. The number of hydrogen-bond donors (Lipinski definition) is 3. The average Bonchev–Trinajstić information content (AvgIpc) is 3.30. The Labute approximate surface area is 199 Å². The fourth-order valence-corrected chi connectivity index (χ4v) is 3.80. The number of fused-ring (bicyclic) bond motifs is 2. The topological polar surface area (TPSA) is 81.9 Å². The molecule has 0 saturated carbocycles. The number of likely N-dealkylation sites (N-methyl/N-ethyl adjacent to an activating group) is 1. The number of nitrogens with zero attached hydrogens (tertiary/aromatic N) is 3. The Morgan fingerprint density at radius 2 is 2.10 bits per heavy atom. The molecule has 0 radical (unpaired) electrons. The molecule has 3 N–H and O–H groups in total. The van der Waals surface area contributed by atoms with E-state index in [2.05, 4.69) is 63.4 Å². The van der Waals surface area contributed by atoms with Crippen LogP contribution in [-0.2, 0) is 0 Å². The van der Waals surface area contributed by atoms with Crippen LogP contribution in [-0.4, -0.2) is 36.6 Å². The van der Waals surface area contributed by atoms with Gasteiger partial charge in [-0.2, -0.15) is 0 Å². The Balaban J connectivity index is 1.53. The van der Waals surface area contributed by atoms with Crippen molar-refractivity contribution in [1.29, 1.82) is 0 Å². The van der Waals surface area contributed by atoms with E-state index >= 15 is 0 Å². The molecule has 0 saturated heterocycles. The number of anilines is 2. The van der Waals surface area contributed by atoms with Gasteiger partial charge in [0.15, 0.2) is 0 Å². The fourth-order valence-electron chi connectivity index (χ4n) is 3.26. The van der Waals surface area contributed by atoms with Crippen LogP contribution in [0.1, 0.15) is 13.8 Å². The molecule has 0 aliphatic carbocycles. The average molecular weight is 549 g/mol. The highest BCUT2D eigenvalue weighted by atomic mass is 127. The second-order valence-corrected chi connectivity index (χ2v) is 9.14. The summed E-state index contributed by atoms with van der Waals surface area (Å²) in [5, 5.41) is 3.71. The van der Waals surface area contributed by atoms with Crippen molar-refractivity contribution in [2.24, 2.45) is 0 Å². The summed E-state index contributed by atoms with van der Waals surface area (Å²) in [6, 6.07) is 9.43. The highest BCUT2D eigenvalue weighted by Crippen LogP contribution is 2.27. The largest absolute Gasteiger partial charge is 0.462 e. The number of nitrogens with one attached hydrogen (secondary N) is 3. The maximum Gasteiger partial charge on any atom is 0.205 e. The first-order valence-corrected chi connectivity index (χ1v) is 11.0. The molecule has 0 aliphatic heterocycles. The molecule has 0 spiro atoms. The van der Waals surface area contributed by atoms with E-state index < -0.39 is 0 Å². The van der Waals surface area contributed by atoms with Gasteiger partial charge in [-0.25, -0.2) is 13.1 Å². The van der Waals surface area contributed by atoms with Gasteiger partial charge in [-0.1, -0.05) is 17.7 Å². The number of benzene rings is 1. The third-order valence-electron chi connectivity index (χ3n) is 4.63. The van der Waals surface area contributed by atoms with Crippen LogP contribution in [0.25, 0.3) is 22.1 Å². The van der Waals surface area contributed by atoms with Gasteiger partial charge in [-0.3, -0.25) is 0 Å². The summed E-state index contributed by atoms with van der Waals surface area (Å²) < 4.78 is 8.12. The fraction of sp³-hybridized carbons (Fsp3) is 0.182. The van der Waals surface area contributed by atoms with Gasteiger partial charge in [0.25, 0.3) is 0 Å². The molecule has 160 valence electrons. The summed E-state index contributed by atoms with van der Waals surface area (Å²) in [5.74, 6) is 2.18. The summed E-state index contributed by atoms with van der Waals surface area (Å²) in [5.41, 5.74) is 5.35. The first-order valence-electron chi connectivity index (χ1n) is 9.70. The van der Waals surface area contributed by atoms with Crippen LogP contribution in [0.3, 0.4) is 0 Å². The first-order chi connectivity index (χ1) is 14.9. The Kier molecular flexibility index (Phi) is 6.49. The minimum absolute atomic E-state index is 0.441. The van der Waals surface area contributed by atoms with E-state index in [9.17, 15) is 0 Å². The highest BCUT2D eigenvalue weighted by molar-refractivity contribution is 14.1. The van der Waals surface area contributed by atoms with Gasteiger partial charge < -0.3 is 20.0 Å². The number of hydrogen-bond acceptors (Lipinski definition) is 5. The number of H-pyrrole nitrogens is 2. The SMILES string of the molecule is C/C=C(\C=C(/C)Oc1ccc2nc(Nc3c[nH]c4ccc(Cl)nc34)[nH]c2c1)CN(C)I. The lowest BCUT2D eigenvalue weighted by atomic mass is 10.2. The summed E-state index contributed by atoms with van der Waals surface area (Å²) in [7, 11) is 2.03. The number of aromatic amines is 2. The van der Waals surface area contributed by atoms with Crippen molar-refractivity contribution < 1.29 is 4.74 Å². The van der Waals surface area contributed by atoms with Gasteiger partial charge in [0.05, 0.1) is 22.2 Å². The summed E-state index contributed by atoms with van der Waals surface area (Å²) in [4.78, 5) is 15.4. The van der Waals surface area contributed by atoms with E-state index in [-0.39, 0.29) is 0 Å². The molecule has 0 aliphatic rings. The van der Waals surface area contributed by atoms with E-state index in [0.29, 0.717) is 11.1 Å². The Morgan fingerprint density at radius 1 is 1.26 bits per heavy atom. The van der Waals surface area contributed by atoms with Gasteiger partial charge in [-0.05, 0) is 56.8 Å². The Morgan fingerprint density at radius 3 is 2.87 bits per heavy atom. The standard InChI is InChI=1S/C22H22ClIN6O/c1-4-14(12-30(3)24)9-13(2)31-15-5-6-16-18(10-15)27-22(26-16)28-19-11-25-17-7-8-20(23)29-21(17)19/h4-11,25H,12H2,1-3H3,(H2,26,27,28)/b13-9+,14-4+. The lowest BCUT2D eigenvalue weighted by Crippen LogP contribution is -2.07. The van der Waals surface area contributed by atoms with E-state index in [1.54, 1.807) is 6.07 Å². The number of allylic oxidation sites excluding steroid dienone is 2. The summed E-state index contributed by atoms with van der Waals surface area (Å²) in [6.45, 7) is 4.83. The molecule has 31 heavy (non-hydrogen) atoms. The molecule has 3 heterocycles. The van der Waals surface area contributed by atoms with Crippen LogP contribution in [0.4, 0.5) is 11.6 Å². The molecule has 3 aromatic heterocycles. The van der Waals surface area contributed by atoms with Gasteiger partial charge in [-0.15, -0.1) is 0 Å². The number of imidazole rings is 1. The van der Waals surface area contributed by atoms with Crippen molar-refractivity contribution in [2.75, 3.05) is 18.9 Å². The van der Waals surface area contributed by atoms with Gasteiger partial charge >= 0.3 is 0 Å². The quantitative estimate of drug-likeness (QED) is 0.0825. The normalized spacial score (nSPS) is 12.8. The van der Waals surface area contributed by atoms with Crippen LogP contribution in [0.2, 0.25) is 5.15 Å². The van der Waals surface area contributed by atoms with Crippen LogP contribution in [0.5, 0.6) is 5.75 Å². The molecular weight excluding hydrogens is 527 g/mol. The molecule has 0 fully saturated rings. The second-order valence-electron chi connectivity index (χ2n) is 7.11. The number of rotatable bonds is 7.